The fraction of sp³-hybridized carbons (Fsp3) is 0.125. The second-order valence-corrected chi connectivity index (χ2v) is 5.01. The van der Waals surface area contributed by atoms with E-state index in [4.69, 9.17) is 4.74 Å². The Labute approximate surface area is 125 Å². The van der Waals surface area contributed by atoms with E-state index in [-0.39, 0.29) is 39.5 Å². The Morgan fingerprint density at radius 1 is 0.955 bits per heavy atom. The Morgan fingerprint density at radius 2 is 1.55 bits per heavy atom. The Kier molecular flexibility index (Phi) is 3.02. The zero-order valence-corrected chi connectivity index (χ0v) is 11.9. The molecule has 22 heavy (non-hydrogen) atoms. The molecule has 0 amide bonds. The van der Waals surface area contributed by atoms with Crippen molar-refractivity contribution in [2.45, 2.75) is 6.92 Å². The maximum absolute atomic E-state index is 12.6. The maximum atomic E-state index is 12.6. The van der Waals surface area contributed by atoms with Gasteiger partial charge in [-0.05, 0) is 30.7 Å². The van der Waals surface area contributed by atoms with Crippen molar-refractivity contribution in [3.05, 3.63) is 68.3 Å². The van der Waals surface area contributed by atoms with Gasteiger partial charge < -0.3 is 4.74 Å². The van der Waals surface area contributed by atoms with Crippen LogP contribution in [-0.4, -0.2) is 23.6 Å². The molecule has 0 bridgehead atoms. The van der Waals surface area contributed by atoms with E-state index in [1.807, 2.05) is 0 Å². The molecule has 0 fully saturated rings. The molecule has 0 aromatic heterocycles. The Balaban J connectivity index is 2.25. The van der Waals surface area contributed by atoms with Crippen LogP contribution in [0.2, 0.25) is 0 Å². The number of fused-ring (bicyclic) bond motifs is 2. The van der Waals surface area contributed by atoms with Gasteiger partial charge in [0.25, 0.3) is 5.69 Å². The highest BCUT2D eigenvalue weighted by Gasteiger charge is 2.32. The molecule has 1 aliphatic carbocycles. The van der Waals surface area contributed by atoms with Crippen molar-refractivity contribution >= 4 is 17.3 Å². The van der Waals surface area contributed by atoms with Crippen molar-refractivity contribution in [1.82, 2.24) is 0 Å². The van der Waals surface area contributed by atoms with Gasteiger partial charge in [-0.1, -0.05) is 0 Å². The summed E-state index contributed by atoms with van der Waals surface area (Å²) in [5.41, 5.74) is 1.25. The summed E-state index contributed by atoms with van der Waals surface area (Å²) in [7, 11) is 1.49. The van der Waals surface area contributed by atoms with Crippen LogP contribution in [0.5, 0.6) is 5.75 Å². The fourth-order valence-corrected chi connectivity index (χ4v) is 2.61. The molecule has 2 aromatic carbocycles. The number of aryl methyl sites for hydroxylation is 1. The van der Waals surface area contributed by atoms with Gasteiger partial charge in [0.1, 0.15) is 5.75 Å². The van der Waals surface area contributed by atoms with E-state index >= 15 is 0 Å². The van der Waals surface area contributed by atoms with Crippen molar-refractivity contribution in [3.8, 4) is 5.75 Å². The minimum absolute atomic E-state index is 0.0660. The number of rotatable bonds is 2. The van der Waals surface area contributed by atoms with Crippen molar-refractivity contribution < 1.29 is 19.2 Å². The summed E-state index contributed by atoms with van der Waals surface area (Å²) < 4.78 is 5.18. The van der Waals surface area contributed by atoms with Gasteiger partial charge in [-0.2, -0.15) is 0 Å². The third kappa shape index (κ3) is 1.88. The molecule has 0 N–H and O–H groups in total. The van der Waals surface area contributed by atoms with Crippen molar-refractivity contribution in [1.29, 1.82) is 0 Å². The van der Waals surface area contributed by atoms with E-state index in [0.29, 0.717) is 5.75 Å². The molecule has 2 aromatic rings. The number of non-ortho nitro benzene ring substituents is 1. The first-order valence-corrected chi connectivity index (χ1v) is 6.50. The van der Waals surface area contributed by atoms with E-state index in [1.54, 1.807) is 13.0 Å². The molecule has 110 valence electrons. The molecule has 6 heteroatoms. The summed E-state index contributed by atoms with van der Waals surface area (Å²) >= 11 is 0. The zero-order valence-electron chi connectivity index (χ0n) is 11.9. The quantitative estimate of drug-likeness (QED) is 0.536. The van der Waals surface area contributed by atoms with Crippen LogP contribution >= 0.6 is 0 Å². The van der Waals surface area contributed by atoms with Gasteiger partial charge in [0.05, 0.1) is 12.0 Å². The maximum Gasteiger partial charge on any atom is 0.270 e. The number of ketones is 2. The first-order valence-electron chi connectivity index (χ1n) is 6.50. The number of carbonyl (C=O) groups is 2. The lowest BCUT2D eigenvalue weighted by atomic mass is 9.83. The molecule has 0 spiro atoms. The van der Waals surface area contributed by atoms with Crippen LogP contribution in [-0.2, 0) is 0 Å². The average Bonchev–Trinajstić information content (AvgIpc) is 2.51. The highest BCUT2D eigenvalue weighted by Crippen LogP contribution is 2.33. The van der Waals surface area contributed by atoms with E-state index in [1.165, 1.54) is 25.3 Å². The Hall–Kier alpha value is -3.02. The van der Waals surface area contributed by atoms with Gasteiger partial charge in [0.2, 0.25) is 0 Å². The van der Waals surface area contributed by atoms with Gasteiger partial charge in [-0.15, -0.1) is 0 Å². The minimum atomic E-state index is -0.590. The normalized spacial score (nSPS) is 12.6. The first-order chi connectivity index (χ1) is 10.4. The van der Waals surface area contributed by atoms with E-state index < -0.39 is 4.92 Å². The number of carbonyl (C=O) groups excluding carboxylic acids is 2. The van der Waals surface area contributed by atoms with Gasteiger partial charge >= 0.3 is 0 Å². The van der Waals surface area contributed by atoms with Gasteiger partial charge in [-0.25, -0.2) is 0 Å². The second-order valence-electron chi connectivity index (χ2n) is 5.01. The molecular formula is C16H11NO5. The predicted molar refractivity (Wildman–Crippen MR) is 77.7 cm³/mol. The molecule has 3 rings (SSSR count). The van der Waals surface area contributed by atoms with Crippen LogP contribution in [0.1, 0.15) is 37.4 Å². The number of methoxy groups -OCH3 is 1. The van der Waals surface area contributed by atoms with Gasteiger partial charge in [-0.3, -0.25) is 19.7 Å². The summed E-state index contributed by atoms with van der Waals surface area (Å²) in [4.78, 5) is 35.4. The van der Waals surface area contributed by atoms with Crippen LogP contribution in [0.3, 0.4) is 0 Å². The highest BCUT2D eigenvalue weighted by molar-refractivity contribution is 6.28. The lowest BCUT2D eigenvalue weighted by Gasteiger charge is -2.19. The average molecular weight is 297 g/mol. The SMILES string of the molecule is COc1cc2c(cc1C)C(=O)c1cc([N+](=O)[O-])ccc1C2=O. The van der Waals surface area contributed by atoms with E-state index in [9.17, 15) is 19.7 Å². The molecule has 0 unspecified atom stereocenters. The van der Waals surface area contributed by atoms with Crippen LogP contribution in [0, 0.1) is 17.0 Å². The topological polar surface area (TPSA) is 86.5 Å². The van der Waals surface area contributed by atoms with Crippen LogP contribution in [0.4, 0.5) is 5.69 Å². The number of benzene rings is 2. The molecule has 0 saturated carbocycles. The first kappa shape index (κ1) is 13.9. The molecule has 0 atom stereocenters. The Bertz CT molecular complexity index is 854. The number of nitrogens with zero attached hydrogens (tertiary/aromatic N) is 1. The number of ether oxygens (including phenoxy) is 1. The number of nitro benzene ring substituents is 1. The van der Waals surface area contributed by atoms with Gasteiger partial charge in [0, 0.05) is 34.4 Å². The monoisotopic (exact) mass is 297 g/mol. The lowest BCUT2D eigenvalue weighted by Crippen LogP contribution is -2.21. The Morgan fingerprint density at radius 3 is 2.18 bits per heavy atom. The van der Waals surface area contributed by atoms with Crippen LogP contribution in [0.25, 0.3) is 0 Å². The third-order valence-electron chi connectivity index (χ3n) is 3.73. The fourth-order valence-electron chi connectivity index (χ4n) is 2.61. The van der Waals surface area contributed by atoms with Crippen molar-refractivity contribution in [2.75, 3.05) is 7.11 Å². The largest absolute Gasteiger partial charge is 0.496 e. The second kappa shape index (κ2) is 4.77. The zero-order chi connectivity index (χ0) is 16.0. The smallest absolute Gasteiger partial charge is 0.270 e. The van der Waals surface area contributed by atoms with Gasteiger partial charge in [0.15, 0.2) is 11.6 Å². The summed E-state index contributed by atoms with van der Waals surface area (Å²) in [6.07, 6.45) is 0. The van der Waals surface area contributed by atoms with E-state index in [0.717, 1.165) is 11.6 Å². The molecule has 6 nitrogen and oxygen atoms in total. The molecule has 0 aliphatic heterocycles. The number of nitro groups is 1. The minimum Gasteiger partial charge on any atom is -0.496 e. The highest BCUT2D eigenvalue weighted by atomic mass is 16.6. The van der Waals surface area contributed by atoms with Crippen LogP contribution < -0.4 is 4.74 Å². The molecule has 0 radical (unpaired) electrons. The van der Waals surface area contributed by atoms with Crippen LogP contribution in [0.15, 0.2) is 30.3 Å². The van der Waals surface area contributed by atoms with E-state index in [2.05, 4.69) is 0 Å². The third-order valence-corrected chi connectivity index (χ3v) is 3.73. The number of hydrogen-bond donors (Lipinski definition) is 0. The van der Waals surface area contributed by atoms with Crippen molar-refractivity contribution in [3.63, 3.8) is 0 Å². The predicted octanol–water partition coefficient (Wildman–Crippen LogP) is 2.69. The number of hydrogen-bond acceptors (Lipinski definition) is 5. The molecular weight excluding hydrogens is 286 g/mol. The summed E-state index contributed by atoms with van der Waals surface area (Å²) in [6.45, 7) is 1.76. The lowest BCUT2D eigenvalue weighted by molar-refractivity contribution is -0.384. The summed E-state index contributed by atoms with van der Waals surface area (Å²) in [5, 5.41) is 10.9. The summed E-state index contributed by atoms with van der Waals surface area (Å²) in [5.74, 6) is -0.206. The molecule has 0 heterocycles. The molecule has 1 aliphatic rings. The standard InChI is InChI=1S/C16H11NO5/c1-8-5-11-13(7-14(8)22-2)15(18)10-4-3-9(17(20)21)6-12(10)16(11)19/h3-7H,1-2H3. The molecule has 0 saturated heterocycles. The van der Waals surface area contributed by atoms with Crippen molar-refractivity contribution in [2.24, 2.45) is 0 Å². The summed E-state index contributed by atoms with van der Waals surface area (Å²) in [6, 6.07) is 6.81.